The molecule has 0 radical (unpaired) electrons. The number of rotatable bonds is 6. The molecule has 0 aliphatic rings. The van der Waals surface area contributed by atoms with Crippen molar-refractivity contribution in [1.29, 1.82) is 0 Å². The second-order valence-corrected chi connectivity index (χ2v) is 5.49. The second-order valence-electron chi connectivity index (χ2n) is 5.49. The summed E-state index contributed by atoms with van der Waals surface area (Å²) >= 11 is 0. The Labute approximate surface area is 131 Å². The minimum atomic E-state index is -0.102. The van der Waals surface area contributed by atoms with Crippen molar-refractivity contribution in [2.75, 3.05) is 13.6 Å². The van der Waals surface area contributed by atoms with Crippen LogP contribution < -0.4 is 5.32 Å². The Morgan fingerprint density at radius 3 is 2.68 bits per heavy atom. The number of amides is 2. The third-order valence-corrected chi connectivity index (χ3v) is 3.69. The van der Waals surface area contributed by atoms with Crippen LogP contribution in [0.1, 0.15) is 36.3 Å². The summed E-state index contributed by atoms with van der Waals surface area (Å²) in [5.41, 5.74) is 2.00. The quantitative estimate of drug-likeness (QED) is 0.890. The molecule has 1 heterocycles. The van der Waals surface area contributed by atoms with Gasteiger partial charge in [-0.05, 0) is 18.9 Å². The molecule has 1 N–H and O–H groups in total. The van der Waals surface area contributed by atoms with E-state index in [0.29, 0.717) is 19.0 Å². The van der Waals surface area contributed by atoms with Gasteiger partial charge in [-0.1, -0.05) is 42.4 Å². The molecule has 0 fully saturated rings. The maximum atomic E-state index is 12.2. The van der Waals surface area contributed by atoms with Gasteiger partial charge in [-0.3, -0.25) is 0 Å². The van der Waals surface area contributed by atoms with Gasteiger partial charge in [0.1, 0.15) is 11.5 Å². The number of nitrogens with zero attached hydrogens (tertiary/aromatic N) is 2. The molecule has 0 aliphatic heterocycles. The predicted molar refractivity (Wildman–Crippen MR) is 85.6 cm³/mol. The van der Waals surface area contributed by atoms with Crippen molar-refractivity contribution in [2.45, 2.75) is 32.7 Å². The number of benzene rings is 1. The zero-order valence-corrected chi connectivity index (χ0v) is 13.4. The number of hydrogen-bond donors (Lipinski definition) is 1. The molecule has 0 saturated heterocycles. The van der Waals surface area contributed by atoms with Gasteiger partial charge in [0.2, 0.25) is 0 Å². The lowest BCUT2D eigenvalue weighted by Gasteiger charge is -2.20. The highest BCUT2D eigenvalue weighted by Gasteiger charge is 2.14. The number of nitrogens with one attached hydrogen (secondary N) is 1. The topological polar surface area (TPSA) is 58.4 Å². The fraction of sp³-hybridized carbons (Fsp3) is 0.412. The number of carbonyl (C=O) groups excluding carboxylic acids is 1. The van der Waals surface area contributed by atoms with Gasteiger partial charge >= 0.3 is 6.03 Å². The van der Waals surface area contributed by atoms with Crippen molar-refractivity contribution in [1.82, 2.24) is 15.4 Å². The van der Waals surface area contributed by atoms with E-state index in [2.05, 4.69) is 29.5 Å². The van der Waals surface area contributed by atoms with Crippen molar-refractivity contribution >= 4 is 6.03 Å². The lowest BCUT2D eigenvalue weighted by Crippen LogP contribution is -2.38. The normalized spacial score (nSPS) is 12.0. The van der Waals surface area contributed by atoms with Crippen LogP contribution in [0.4, 0.5) is 4.79 Å². The molecule has 0 saturated carbocycles. The number of urea groups is 1. The molecule has 0 aliphatic carbocycles. The van der Waals surface area contributed by atoms with E-state index in [9.17, 15) is 4.79 Å². The standard InChI is InChI=1S/C17H23N3O2/c1-4-14(15-8-6-5-7-9-15)11-18-17(21)20(3)12-16-10-13(2)22-19-16/h5-10,14H,4,11-12H2,1-3H3,(H,18,21). The SMILES string of the molecule is CCC(CNC(=O)N(C)Cc1cc(C)on1)c1ccccc1. The third kappa shape index (κ3) is 4.35. The Hall–Kier alpha value is -2.30. The van der Waals surface area contributed by atoms with E-state index in [1.807, 2.05) is 31.2 Å². The zero-order chi connectivity index (χ0) is 15.9. The molecule has 0 bridgehead atoms. The number of aromatic nitrogens is 1. The third-order valence-electron chi connectivity index (χ3n) is 3.69. The van der Waals surface area contributed by atoms with Crippen LogP contribution in [0.3, 0.4) is 0 Å². The maximum absolute atomic E-state index is 12.2. The average Bonchev–Trinajstić information content (AvgIpc) is 2.93. The summed E-state index contributed by atoms with van der Waals surface area (Å²) in [6, 6.07) is 12.0. The molecule has 5 heteroatoms. The minimum Gasteiger partial charge on any atom is -0.361 e. The first-order chi connectivity index (χ1) is 10.6. The van der Waals surface area contributed by atoms with E-state index < -0.39 is 0 Å². The number of aryl methyl sites for hydroxylation is 1. The Morgan fingerprint density at radius 2 is 2.09 bits per heavy atom. The van der Waals surface area contributed by atoms with Gasteiger partial charge in [-0.2, -0.15) is 0 Å². The van der Waals surface area contributed by atoms with Crippen LogP contribution in [-0.2, 0) is 6.54 Å². The summed E-state index contributed by atoms with van der Waals surface area (Å²) < 4.78 is 5.01. The predicted octanol–water partition coefficient (Wildman–Crippen LogP) is 3.32. The minimum absolute atomic E-state index is 0.102. The van der Waals surface area contributed by atoms with Gasteiger partial charge < -0.3 is 14.7 Å². The van der Waals surface area contributed by atoms with E-state index in [4.69, 9.17) is 4.52 Å². The first-order valence-electron chi connectivity index (χ1n) is 7.56. The number of carbonyl (C=O) groups is 1. The molecule has 1 aromatic carbocycles. The van der Waals surface area contributed by atoms with Crippen molar-refractivity contribution in [3.8, 4) is 0 Å². The van der Waals surface area contributed by atoms with E-state index in [1.54, 1.807) is 11.9 Å². The van der Waals surface area contributed by atoms with Crippen LogP contribution in [-0.4, -0.2) is 29.7 Å². The van der Waals surface area contributed by atoms with Crippen LogP contribution >= 0.6 is 0 Å². The monoisotopic (exact) mass is 301 g/mol. The fourth-order valence-corrected chi connectivity index (χ4v) is 2.38. The molecule has 2 aromatic rings. The summed E-state index contributed by atoms with van der Waals surface area (Å²) in [5, 5.41) is 6.89. The Bertz CT molecular complexity index is 595. The molecule has 1 unspecified atom stereocenters. The summed E-state index contributed by atoms with van der Waals surface area (Å²) in [6.07, 6.45) is 0.983. The van der Waals surface area contributed by atoms with E-state index >= 15 is 0 Å². The van der Waals surface area contributed by atoms with Gasteiger partial charge in [0.25, 0.3) is 0 Å². The molecule has 0 spiro atoms. The molecule has 118 valence electrons. The van der Waals surface area contributed by atoms with E-state index in [-0.39, 0.29) is 6.03 Å². The fourth-order valence-electron chi connectivity index (χ4n) is 2.38. The lowest BCUT2D eigenvalue weighted by molar-refractivity contribution is 0.205. The molecule has 1 atom stereocenters. The van der Waals surface area contributed by atoms with Crippen LogP contribution in [0.25, 0.3) is 0 Å². The maximum Gasteiger partial charge on any atom is 0.317 e. The highest BCUT2D eigenvalue weighted by molar-refractivity contribution is 5.73. The van der Waals surface area contributed by atoms with Gasteiger partial charge in [0, 0.05) is 25.6 Å². The second kappa shape index (κ2) is 7.64. The largest absolute Gasteiger partial charge is 0.361 e. The average molecular weight is 301 g/mol. The lowest BCUT2D eigenvalue weighted by atomic mass is 9.97. The van der Waals surface area contributed by atoms with Crippen molar-refractivity contribution in [3.05, 3.63) is 53.4 Å². The number of hydrogen-bond acceptors (Lipinski definition) is 3. The van der Waals surface area contributed by atoms with Crippen molar-refractivity contribution in [3.63, 3.8) is 0 Å². The highest BCUT2D eigenvalue weighted by Crippen LogP contribution is 2.18. The molecular weight excluding hydrogens is 278 g/mol. The van der Waals surface area contributed by atoms with Gasteiger partial charge in [-0.15, -0.1) is 0 Å². The molecule has 5 nitrogen and oxygen atoms in total. The summed E-state index contributed by atoms with van der Waals surface area (Å²) in [6.45, 7) is 5.03. The Balaban J connectivity index is 1.85. The van der Waals surface area contributed by atoms with Crippen molar-refractivity contribution in [2.24, 2.45) is 0 Å². The molecule has 1 aromatic heterocycles. The molecule has 2 rings (SSSR count). The summed E-state index contributed by atoms with van der Waals surface area (Å²) in [7, 11) is 1.75. The van der Waals surface area contributed by atoms with Crippen LogP contribution in [0.5, 0.6) is 0 Å². The van der Waals surface area contributed by atoms with Crippen LogP contribution in [0, 0.1) is 6.92 Å². The first kappa shape index (κ1) is 16.1. The van der Waals surface area contributed by atoms with E-state index in [1.165, 1.54) is 5.56 Å². The van der Waals surface area contributed by atoms with Crippen LogP contribution in [0.15, 0.2) is 40.9 Å². The summed E-state index contributed by atoms with van der Waals surface area (Å²) in [5.74, 6) is 1.08. The Kier molecular flexibility index (Phi) is 5.58. The Morgan fingerprint density at radius 1 is 1.36 bits per heavy atom. The van der Waals surface area contributed by atoms with Crippen LogP contribution in [0.2, 0.25) is 0 Å². The van der Waals surface area contributed by atoms with Gasteiger partial charge in [0.15, 0.2) is 0 Å². The zero-order valence-electron chi connectivity index (χ0n) is 13.4. The van der Waals surface area contributed by atoms with Gasteiger partial charge in [-0.25, -0.2) is 4.79 Å². The summed E-state index contributed by atoms with van der Waals surface area (Å²) in [4.78, 5) is 13.8. The van der Waals surface area contributed by atoms with E-state index in [0.717, 1.165) is 17.9 Å². The van der Waals surface area contributed by atoms with Gasteiger partial charge in [0.05, 0.1) is 6.54 Å². The first-order valence-corrected chi connectivity index (χ1v) is 7.56. The molecule has 22 heavy (non-hydrogen) atoms. The van der Waals surface area contributed by atoms with Crippen molar-refractivity contribution < 1.29 is 9.32 Å². The molecule has 2 amide bonds. The highest BCUT2D eigenvalue weighted by atomic mass is 16.5. The molecular formula is C17H23N3O2. The smallest absolute Gasteiger partial charge is 0.317 e.